The van der Waals surface area contributed by atoms with E-state index in [0.717, 1.165) is 75.5 Å². The van der Waals surface area contributed by atoms with Gasteiger partial charge in [-0.1, -0.05) is 260 Å². The van der Waals surface area contributed by atoms with Crippen molar-refractivity contribution in [1.29, 1.82) is 0 Å². The predicted molar refractivity (Wildman–Crippen MR) is 261 cm³/mol. The summed E-state index contributed by atoms with van der Waals surface area (Å²) in [4.78, 5) is 38.0. The van der Waals surface area contributed by atoms with E-state index in [1.54, 1.807) is 0 Å². The van der Waals surface area contributed by atoms with Crippen molar-refractivity contribution in [3.05, 3.63) is 0 Å². The third-order valence-corrected chi connectivity index (χ3v) is 12.4. The van der Waals surface area contributed by atoms with Crippen LogP contribution in [-0.4, -0.2) is 37.2 Å². The zero-order chi connectivity index (χ0) is 44.9. The smallest absolute Gasteiger partial charge is 0.306 e. The molecule has 362 valence electrons. The lowest BCUT2D eigenvalue weighted by atomic mass is 10.0. The van der Waals surface area contributed by atoms with E-state index < -0.39 is 6.10 Å². The zero-order valence-corrected chi connectivity index (χ0v) is 42.0. The fourth-order valence-electron chi connectivity index (χ4n) is 8.29. The van der Waals surface area contributed by atoms with Crippen molar-refractivity contribution in [1.82, 2.24) is 0 Å². The molecule has 0 fully saturated rings. The fourth-order valence-corrected chi connectivity index (χ4v) is 8.29. The van der Waals surface area contributed by atoms with Gasteiger partial charge in [-0.15, -0.1) is 0 Å². The summed E-state index contributed by atoms with van der Waals surface area (Å²) < 4.78 is 16.8. The van der Waals surface area contributed by atoms with Crippen LogP contribution in [0, 0.1) is 17.8 Å². The number of carbonyl (C=O) groups excluding carboxylic acids is 3. The molecule has 0 aromatic heterocycles. The Labute approximate surface area is 380 Å². The SMILES string of the molecule is CC(C)CCCCCCCCCCCCCCCCCC(=O)OC[C@@H](COC(=O)CCCCCCCCCCC(C)C)OC(=O)CCCCCCCCCCCCCC(C)C. The third-order valence-electron chi connectivity index (χ3n) is 12.4. The molecule has 0 saturated heterocycles. The van der Waals surface area contributed by atoms with Crippen LogP contribution in [0.2, 0.25) is 0 Å². The first kappa shape index (κ1) is 59.4. The highest BCUT2D eigenvalue weighted by Gasteiger charge is 2.19. The van der Waals surface area contributed by atoms with Gasteiger partial charge in [0.25, 0.3) is 0 Å². The number of hydrogen-bond donors (Lipinski definition) is 0. The molecule has 0 unspecified atom stereocenters. The van der Waals surface area contributed by atoms with Gasteiger partial charge in [0, 0.05) is 19.3 Å². The first-order valence-electron chi connectivity index (χ1n) is 27.1. The van der Waals surface area contributed by atoms with Crippen LogP contribution in [0.25, 0.3) is 0 Å². The first-order chi connectivity index (χ1) is 29.6. The number of hydrogen-bond acceptors (Lipinski definition) is 6. The van der Waals surface area contributed by atoms with Crippen molar-refractivity contribution in [3.63, 3.8) is 0 Å². The molecule has 0 aliphatic rings. The van der Waals surface area contributed by atoms with Gasteiger partial charge in [-0.2, -0.15) is 0 Å². The van der Waals surface area contributed by atoms with Gasteiger partial charge in [-0.05, 0) is 37.0 Å². The number of carbonyl (C=O) groups is 3. The Morgan fingerprint density at radius 1 is 0.279 bits per heavy atom. The van der Waals surface area contributed by atoms with E-state index in [1.807, 2.05) is 0 Å². The van der Waals surface area contributed by atoms with Crippen LogP contribution in [0.5, 0.6) is 0 Å². The standard InChI is InChI=1S/C55H106O6/c1-49(2)41-35-29-23-17-13-10-8-7-9-11-15-19-26-32-38-44-53(56)59-47-52(48-60-54(57)45-39-33-27-22-21-25-31-37-43-51(5)6)61-55(58)46-40-34-28-20-16-12-14-18-24-30-36-42-50(3)4/h49-52H,7-48H2,1-6H3/t52-/m0/s1. The van der Waals surface area contributed by atoms with Crippen LogP contribution in [0.1, 0.15) is 298 Å². The molecule has 0 bridgehead atoms. The van der Waals surface area contributed by atoms with E-state index in [9.17, 15) is 14.4 Å². The van der Waals surface area contributed by atoms with Gasteiger partial charge in [-0.25, -0.2) is 0 Å². The summed E-state index contributed by atoms with van der Waals surface area (Å²) in [7, 11) is 0. The topological polar surface area (TPSA) is 78.9 Å². The number of ether oxygens (including phenoxy) is 3. The summed E-state index contributed by atoms with van der Waals surface area (Å²) in [6.45, 7) is 13.7. The van der Waals surface area contributed by atoms with Gasteiger partial charge < -0.3 is 14.2 Å². The Balaban J connectivity index is 4.28. The second-order valence-corrected chi connectivity index (χ2v) is 20.3. The third kappa shape index (κ3) is 49.3. The van der Waals surface area contributed by atoms with Crippen LogP contribution in [0.15, 0.2) is 0 Å². The number of esters is 3. The Kier molecular flexibility index (Phi) is 45.2. The summed E-state index contributed by atoms with van der Waals surface area (Å²) in [5.74, 6) is 1.62. The molecule has 0 amide bonds. The Hall–Kier alpha value is -1.59. The average Bonchev–Trinajstić information content (AvgIpc) is 3.22. The molecule has 0 radical (unpaired) electrons. The Morgan fingerprint density at radius 3 is 0.705 bits per heavy atom. The van der Waals surface area contributed by atoms with Gasteiger partial charge in [0.15, 0.2) is 6.10 Å². The molecular formula is C55H106O6. The van der Waals surface area contributed by atoms with E-state index in [0.29, 0.717) is 19.3 Å². The van der Waals surface area contributed by atoms with Gasteiger partial charge in [-0.3, -0.25) is 14.4 Å². The van der Waals surface area contributed by atoms with E-state index in [2.05, 4.69) is 41.5 Å². The summed E-state index contributed by atoms with van der Waals surface area (Å²) in [6.07, 6.45) is 46.7. The van der Waals surface area contributed by atoms with Crippen LogP contribution in [0.3, 0.4) is 0 Å². The maximum absolute atomic E-state index is 12.8. The second-order valence-electron chi connectivity index (χ2n) is 20.3. The fraction of sp³-hybridized carbons (Fsp3) is 0.945. The van der Waals surface area contributed by atoms with Crippen molar-refractivity contribution >= 4 is 17.9 Å². The lowest BCUT2D eigenvalue weighted by Gasteiger charge is -2.18. The van der Waals surface area contributed by atoms with Crippen molar-refractivity contribution in [3.8, 4) is 0 Å². The second kappa shape index (κ2) is 46.4. The lowest BCUT2D eigenvalue weighted by molar-refractivity contribution is -0.167. The maximum Gasteiger partial charge on any atom is 0.306 e. The molecule has 0 aromatic carbocycles. The van der Waals surface area contributed by atoms with E-state index >= 15 is 0 Å². The summed E-state index contributed by atoms with van der Waals surface area (Å²) in [6, 6.07) is 0. The molecule has 6 nitrogen and oxygen atoms in total. The molecule has 0 aromatic rings. The summed E-state index contributed by atoms with van der Waals surface area (Å²) in [5.41, 5.74) is 0. The highest BCUT2D eigenvalue weighted by molar-refractivity contribution is 5.71. The van der Waals surface area contributed by atoms with Crippen molar-refractivity contribution in [2.45, 2.75) is 304 Å². The maximum atomic E-state index is 12.8. The van der Waals surface area contributed by atoms with Crippen LogP contribution in [0.4, 0.5) is 0 Å². The highest BCUT2D eigenvalue weighted by atomic mass is 16.6. The lowest BCUT2D eigenvalue weighted by Crippen LogP contribution is -2.30. The monoisotopic (exact) mass is 863 g/mol. The Bertz CT molecular complexity index is 945. The molecule has 0 heterocycles. The number of rotatable bonds is 48. The van der Waals surface area contributed by atoms with Gasteiger partial charge in [0.2, 0.25) is 0 Å². The van der Waals surface area contributed by atoms with Crippen molar-refractivity contribution in [2.75, 3.05) is 13.2 Å². The molecule has 0 N–H and O–H groups in total. The summed E-state index contributed by atoms with van der Waals surface area (Å²) in [5, 5.41) is 0. The minimum Gasteiger partial charge on any atom is -0.462 e. The normalized spacial score (nSPS) is 12.1. The predicted octanol–water partition coefficient (Wildman–Crippen LogP) is 17.6. The quantitative estimate of drug-likeness (QED) is 0.0344. The minimum atomic E-state index is -0.763. The zero-order valence-electron chi connectivity index (χ0n) is 42.0. The van der Waals surface area contributed by atoms with E-state index in [4.69, 9.17) is 14.2 Å². The largest absolute Gasteiger partial charge is 0.462 e. The average molecular weight is 863 g/mol. The van der Waals surface area contributed by atoms with E-state index in [-0.39, 0.29) is 31.1 Å². The summed E-state index contributed by atoms with van der Waals surface area (Å²) >= 11 is 0. The molecule has 6 heteroatoms. The van der Waals surface area contributed by atoms with Gasteiger partial charge in [0.05, 0.1) is 0 Å². The first-order valence-corrected chi connectivity index (χ1v) is 27.1. The molecular weight excluding hydrogens is 757 g/mol. The Morgan fingerprint density at radius 2 is 0.475 bits per heavy atom. The molecule has 0 aliphatic heterocycles. The molecule has 0 aliphatic carbocycles. The van der Waals surface area contributed by atoms with Crippen molar-refractivity contribution in [2.24, 2.45) is 17.8 Å². The van der Waals surface area contributed by atoms with Crippen molar-refractivity contribution < 1.29 is 28.6 Å². The van der Waals surface area contributed by atoms with Gasteiger partial charge in [0.1, 0.15) is 13.2 Å². The molecule has 61 heavy (non-hydrogen) atoms. The van der Waals surface area contributed by atoms with Gasteiger partial charge >= 0.3 is 17.9 Å². The van der Waals surface area contributed by atoms with E-state index in [1.165, 1.54) is 180 Å². The van der Waals surface area contributed by atoms with Crippen LogP contribution >= 0.6 is 0 Å². The molecule has 0 spiro atoms. The minimum absolute atomic E-state index is 0.0644. The highest BCUT2D eigenvalue weighted by Crippen LogP contribution is 2.18. The van der Waals surface area contributed by atoms with Crippen LogP contribution < -0.4 is 0 Å². The molecule has 0 saturated carbocycles. The number of unbranched alkanes of at least 4 members (excludes halogenated alkanes) is 31. The molecule has 1 atom stereocenters. The molecule has 0 rings (SSSR count). The van der Waals surface area contributed by atoms with Crippen LogP contribution in [-0.2, 0) is 28.6 Å².